The molecule has 0 saturated heterocycles. The number of hydrogen-bond donors (Lipinski definition) is 3. The molecule has 376 valence electrons. The molecule has 3 atom stereocenters. The maximum absolute atomic E-state index is 15.3. The first-order valence-corrected chi connectivity index (χ1v) is 24.3. The molecule has 24 heteroatoms. The molecule has 3 aliphatic carbocycles. The molecular weight excluding hydrogens is 1010 g/mol. The van der Waals surface area contributed by atoms with Crippen molar-refractivity contribution in [1.82, 2.24) is 20.1 Å². The predicted octanol–water partition coefficient (Wildman–Crippen LogP) is 10.2. The third-order valence-corrected chi connectivity index (χ3v) is 15.8. The highest BCUT2D eigenvalue weighted by atomic mass is 35.5. The van der Waals surface area contributed by atoms with Crippen LogP contribution in [0.4, 0.5) is 54.1 Å². The Morgan fingerprint density at radius 2 is 1.69 bits per heavy atom. The van der Waals surface area contributed by atoms with E-state index in [1.54, 1.807) is 32.9 Å². The first-order chi connectivity index (χ1) is 32.6. The van der Waals surface area contributed by atoms with Gasteiger partial charge >= 0.3 is 6.18 Å². The molecule has 2 heterocycles. The topological polar surface area (TPSA) is 150 Å². The number of carbonyl (C=O) groups excluding carboxylic acids is 1. The van der Waals surface area contributed by atoms with Crippen molar-refractivity contribution in [3.8, 4) is 23.0 Å². The Bertz CT molecular complexity index is 2870. The Morgan fingerprint density at radius 3 is 2.29 bits per heavy atom. The van der Waals surface area contributed by atoms with Gasteiger partial charge in [0.2, 0.25) is 11.7 Å². The SMILES string of the molecule is CC=CC1([S+]([O-])Nc2nn(CC(F)(F)F)c3c(-c4ccc(C#CC(C)(C)S(=O)C5CC5)nc4C(Cc4cc(F)cc(F)c4)NC(=O)CN=C4C(=C(N)C(F)F)C(F)(F)CCC4(F)F)ccc(Cl)c23)CC1. The second kappa shape index (κ2) is 19.8. The Morgan fingerprint density at radius 1 is 1.04 bits per heavy atom. The van der Waals surface area contributed by atoms with Crippen LogP contribution < -0.4 is 15.8 Å². The van der Waals surface area contributed by atoms with Crippen LogP contribution in [0, 0.1) is 23.5 Å². The van der Waals surface area contributed by atoms with Crippen LogP contribution in [0.25, 0.3) is 22.0 Å². The lowest BCUT2D eigenvalue weighted by molar-refractivity contribution is -0.141. The molecule has 0 bridgehead atoms. The molecule has 2 aromatic carbocycles. The highest BCUT2D eigenvalue weighted by molar-refractivity contribution is 7.94. The molecule has 7 rings (SSSR count). The van der Waals surface area contributed by atoms with E-state index in [0.29, 0.717) is 36.4 Å². The molecule has 4 aromatic rings. The van der Waals surface area contributed by atoms with Crippen molar-refractivity contribution in [2.24, 2.45) is 10.7 Å². The quantitative estimate of drug-likeness (QED) is 0.0464. The molecule has 70 heavy (non-hydrogen) atoms. The van der Waals surface area contributed by atoms with Gasteiger partial charge in [0.1, 0.15) is 40.9 Å². The van der Waals surface area contributed by atoms with Gasteiger partial charge < -0.3 is 15.6 Å². The molecule has 10 nitrogen and oxygen atoms in total. The molecule has 2 aromatic heterocycles. The monoisotopic (exact) mass is 1050 g/mol. The number of hydrogen-bond acceptors (Lipinski definition) is 8. The van der Waals surface area contributed by atoms with E-state index in [4.69, 9.17) is 17.3 Å². The number of carbonyl (C=O) groups is 1. The van der Waals surface area contributed by atoms with Crippen LogP contribution in [-0.2, 0) is 39.9 Å². The van der Waals surface area contributed by atoms with Crippen LogP contribution in [0.2, 0.25) is 5.02 Å². The van der Waals surface area contributed by atoms with Gasteiger partial charge in [-0.3, -0.25) is 18.7 Å². The Balaban J connectivity index is 1.43. The summed E-state index contributed by atoms with van der Waals surface area (Å²) in [6.45, 7) is 1.81. The van der Waals surface area contributed by atoms with Crippen molar-refractivity contribution in [3.05, 3.63) is 99.5 Å². The number of anilines is 1. The number of benzene rings is 2. The number of aliphatic imine (C=N–C) groups is 1. The zero-order valence-corrected chi connectivity index (χ0v) is 39.6. The number of nitrogens with zero attached hydrogens (tertiary/aromatic N) is 4. The number of nitrogens with two attached hydrogens (primary N) is 1. The summed E-state index contributed by atoms with van der Waals surface area (Å²) in [6.07, 6.45) is -6.71. The molecular formula is C46H43ClF11N7O3S2. The van der Waals surface area contributed by atoms with Gasteiger partial charge in [0.05, 0.1) is 50.3 Å². The Hall–Kier alpha value is -5.18. The number of amides is 1. The molecule has 4 N–H and O–H groups in total. The van der Waals surface area contributed by atoms with E-state index in [1.807, 2.05) is 0 Å². The van der Waals surface area contributed by atoms with Crippen LogP contribution >= 0.6 is 11.6 Å². The van der Waals surface area contributed by atoms with E-state index in [0.717, 1.165) is 12.1 Å². The maximum Gasteiger partial charge on any atom is 0.408 e. The fraction of sp³-hybridized carbons (Fsp3) is 0.435. The largest absolute Gasteiger partial charge is 0.592 e. The number of alkyl halides is 9. The summed E-state index contributed by atoms with van der Waals surface area (Å²) < 4.78 is 189. The zero-order chi connectivity index (χ0) is 51.3. The predicted molar refractivity (Wildman–Crippen MR) is 244 cm³/mol. The van der Waals surface area contributed by atoms with Gasteiger partial charge in [-0.2, -0.15) is 26.7 Å². The Labute approximate surface area is 404 Å². The zero-order valence-electron chi connectivity index (χ0n) is 37.2. The van der Waals surface area contributed by atoms with E-state index in [1.165, 1.54) is 24.3 Å². The first kappa shape index (κ1) is 52.6. The number of pyridine rings is 1. The van der Waals surface area contributed by atoms with Gasteiger partial charge in [-0.1, -0.05) is 29.7 Å². The first-order valence-electron chi connectivity index (χ1n) is 21.5. The molecule has 3 unspecified atom stereocenters. The van der Waals surface area contributed by atoms with Crippen LogP contribution in [0.1, 0.15) is 82.3 Å². The van der Waals surface area contributed by atoms with Crippen molar-refractivity contribution >= 4 is 62.1 Å². The van der Waals surface area contributed by atoms with E-state index in [-0.39, 0.29) is 55.1 Å². The normalized spacial score (nSPS) is 20.3. The number of halogens is 12. The van der Waals surface area contributed by atoms with Crippen molar-refractivity contribution in [1.29, 1.82) is 0 Å². The summed E-state index contributed by atoms with van der Waals surface area (Å²) in [5, 5.41) is 6.23. The van der Waals surface area contributed by atoms with Gasteiger partial charge in [-0.25, -0.2) is 31.3 Å². The van der Waals surface area contributed by atoms with Crippen molar-refractivity contribution in [2.75, 3.05) is 11.3 Å². The highest BCUT2D eigenvalue weighted by Gasteiger charge is 2.55. The van der Waals surface area contributed by atoms with Crippen LogP contribution in [0.5, 0.6) is 0 Å². The van der Waals surface area contributed by atoms with Crippen molar-refractivity contribution in [2.45, 2.75) is 117 Å². The lowest BCUT2D eigenvalue weighted by Gasteiger charge is -2.33. The molecule has 3 aliphatic rings. The molecule has 3 fully saturated rings. The van der Waals surface area contributed by atoms with Gasteiger partial charge in [0.15, 0.2) is 4.75 Å². The fourth-order valence-electron chi connectivity index (χ4n) is 8.02. The second-order valence-corrected chi connectivity index (χ2v) is 21.8. The highest BCUT2D eigenvalue weighted by Crippen LogP contribution is 2.48. The van der Waals surface area contributed by atoms with E-state index < -0.39 is 129 Å². The van der Waals surface area contributed by atoms with Gasteiger partial charge in [-0.15, -0.1) is 5.10 Å². The van der Waals surface area contributed by atoms with E-state index in [9.17, 15) is 44.3 Å². The minimum atomic E-state index is -4.92. The Kier molecular flexibility index (Phi) is 14.9. The minimum Gasteiger partial charge on any atom is -0.592 e. The summed E-state index contributed by atoms with van der Waals surface area (Å²) in [7, 11) is -1.43. The van der Waals surface area contributed by atoms with Crippen molar-refractivity contribution < 1.29 is 61.9 Å². The van der Waals surface area contributed by atoms with Crippen molar-refractivity contribution in [3.63, 3.8) is 0 Å². The maximum atomic E-state index is 15.3. The summed E-state index contributed by atoms with van der Waals surface area (Å²) in [5.41, 5.74) is -1.54. The number of allylic oxidation sites excluding steroid dienone is 3. The van der Waals surface area contributed by atoms with Crippen LogP contribution in [-0.4, -0.2) is 80.9 Å². The average Bonchev–Trinajstić information content (AvgIpc) is 4.21. The van der Waals surface area contributed by atoms with E-state index in [2.05, 4.69) is 37.0 Å². The van der Waals surface area contributed by atoms with E-state index >= 15 is 17.6 Å². The number of nitrogens with one attached hydrogen (secondary N) is 2. The molecule has 3 saturated carbocycles. The lowest BCUT2D eigenvalue weighted by Crippen LogP contribution is -2.46. The summed E-state index contributed by atoms with van der Waals surface area (Å²) >= 11 is 4.76. The average molecular weight is 1050 g/mol. The molecule has 1 amide bonds. The number of fused-ring (bicyclic) bond motifs is 1. The number of aromatic nitrogens is 3. The molecule has 0 spiro atoms. The third kappa shape index (κ3) is 11.6. The summed E-state index contributed by atoms with van der Waals surface area (Å²) in [6, 6.07) is 5.86. The smallest absolute Gasteiger partial charge is 0.408 e. The van der Waals surface area contributed by atoms with Gasteiger partial charge in [-0.05, 0) is 87.9 Å². The number of rotatable bonds is 15. The standard InChI is InChI=1S/C46H43ClF11N7O3S2/c1-4-12-43(14-15-43)70(68)64-41-34-31(47)10-9-30(38(34)65(63-41)23-46(56,57)58)29-8-5-27(11-13-42(2,3)69(67)28-6-7-28)61-37(29)32(20-24-18-25(48)21-26(49)19-24)62-33(66)22-60-39-35(36(59)40(50)51)44(52,53)16-17-45(39,54)55/h4-5,8-10,12,18-19,21,28,32,40H,6-7,14-17,20,22-23,59H2,1-3H3,(H,62,66)(H,63,64). The second-order valence-electron chi connectivity index (χ2n) is 17.6. The summed E-state index contributed by atoms with van der Waals surface area (Å²) in [5.74, 6) is -6.64. The molecule has 0 aliphatic heterocycles. The summed E-state index contributed by atoms with van der Waals surface area (Å²) in [4.78, 5) is 22.0. The lowest BCUT2D eigenvalue weighted by atomic mass is 9.84. The third-order valence-electron chi connectivity index (χ3n) is 11.6. The minimum absolute atomic E-state index is 0.0867. The van der Waals surface area contributed by atoms with Crippen LogP contribution in [0.3, 0.4) is 0 Å². The molecule has 0 radical (unpaired) electrons. The fourth-order valence-corrected chi connectivity index (χ4v) is 11.1. The van der Waals surface area contributed by atoms with Crippen LogP contribution in [0.15, 0.2) is 70.9 Å². The van der Waals surface area contributed by atoms with Gasteiger partial charge in [0, 0.05) is 58.9 Å². The van der Waals surface area contributed by atoms with Gasteiger partial charge in [0.25, 0.3) is 18.3 Å².